The van der Waals surface area contributed by atoms with E-state index >= 15 is 0 Å². The molecule has 0 aliphatic carbocycles. The van der Waals surface area contributed by atoms with Gasteiger partial charge in [0.25, 0.3) is 0 Å². The van der Waals surface area contributed by atoms with Crippen LogP contribution >= 0.6 is 0 Å². The average molecular weight is 242 g/mol. The Bertz CT molecular complexity index is 151. The van der Waals surface area contributed by atoms with Crippen LogP contribution in [0.2, 0.25) is 0 Å². The van der Waals surface area contributed by atoms with E-state index in [-0.39, 0.29) is 0 Å². The molecule has 0 saturated carbocycles. The number of nitroso groups, excluding NO2 is 1. The Morgan fingerprint density at radius 2 is 1.12 bits per heavy atom. The van der Waals surface area contributed by atoms with E-state index in [4.69, 9.17) is 0 Å². The minimum atomic E-state index is 0.737. The van der Waals surface area contributed by atoms with Crippen LogP contribution in [0.1, 0.15) is 84.0 Å². The first kappa shape index (κ1) is 16.4. The van der Waals surface area contributed by atoms with Crippen molar-refractivity contribution >= 4 is 0 Å². The van der Waals surface area contributed by atoms with Crippen molar-refractivity contribution in [1.82, 2.24) is 5.43 Å². The first-order valence-corrected chi connectivity index (χ1v) is 7.47. The highest BCUT2D eigenvalue weighted by Gasteiger charge is 1.93. The highest BCUT2D eigenvalue weighted by Crippen LogP contribution is 2.11. The van der Waals surface area contributed by atoms with Crippen LogP contribution in [-0.4, -0.2) is 6.54 Å². The molecule has 0 amide bonds. The zero-order valence-electron chi connectivity index (χ0n) is 11.5. The third kappa shape index (κ3) is 15.4. The Morgan fingerprint density at radius 1 is 0.706 bits per heavy atom. The summed E-state index contributed by atoms with van der Waals surface area (Å²) in [5.74, 6) is 0. The van der Waals surface area contributed by atoms with Crippen LogP contribution in [0.5, 0.6) is 0 Å². The number of hydrogen-bond acceptors (Lipinski definition) is 2. The van der Waals surface area contributed by atoms with Crippen LogP contribution < -0.4 is 5.43 Å². The molecule has 0 spiro atoms. The van der Waals surface area contributed by atoms with E-state index in [9.17, 15) is 4.91 Å². The molecule has 3 nitrogen and oxygen atoms in total. The summed E-state index contributed by atoms with van der Waals surface area (Å²) in [6.07, 6.45) is 16.2. The van der Waals surface area contributed by atoms with Crippen molar-refractivity contribution < 1.29 is 0 Å². The molecule has 0 fully saturated rings. The molecule has 3 heteroatoms. The molecule has 102 valence electrons. The third-order valence-corrected chi connectivity index (χ3v) is 3.21. The lowest BCUT2D eigenvalue weighted by atomic mass is 10.1. The Hall–Kier alpha value is -0.600. The molecule has 0 aromatic rings. The largest absolute Gasteiger partial charge is 0.274 e. The summed E-state index contributed by atoms with van der Waals surface area (Å²) < 4.78 is 0. The van der Waals surface area contributed by atoms with Crippen LogP contribution in [0, 0.1) is 4.91 Å². The molecule has 0 aliphatic rings. The van der Waals surface area contributed by atoms with Crippen LogP contribution in [-0.2, 0) is 0 Å². The lowest BCUT2D eigenvalue weighted by Gasteiger charge is -2.02. The molecule has 0 radical (unpaired) electrons. The molecule has 17 heavy (non-hydrogen) atoms. The van der Waals surface area contributed by atoms with Gasteiger partial charge in [-0.05, 0) is 6.42 Å². The van der Waals surface area contributed by atoms with Crippen LogP contribution in [0.4, 0.5) is 0 Å². The van der Waals surface area contributed by atoms with E-state index in [2.05, 4.69) is 17.6 Å². The maximum Gasteiger partial charge on any atom is 0.0496 e. The summed E-state index contributed by atoms with van der Waals surface area (Å²) in [5.41, 5.74) is 2.45. The molecule has 0 aromatic carbocycles. The van der Waals surface area contributed by atoms with Crippen LogP contribution in [0.25, 0.3) is 0 Å². The van der Waals surface area contributed by atoms with Gasteiger partial charge in [-0.3, -0.25) is 5.43 Å². The molecule has 1 N–H and O–H groups in total. The fourth-order valence-corrected chi connectivity index (χ4v) is 2.09. The first-order chi connectivity index (χ1) is 8.41. The summed E-state index contributed by atoms with van der Waals surface area (Å²) in [4.78, 5) is 9.75. The van der Waals surface area contributed by atoms with Gasteiger partial charge in [-0.15, -0.1) is 4.91 Å². The highest BCUT2D eigenvalue weighted by atomic mass is 16.3. The van der Waals surface area contributed by atoms with Crippen LogP contribution in [0.15, 0.2) is 5.29 Å². The maximum atomic E-state index is 9.75. The standard InChI is InChI=1S/C14H30N2O/c1-2-3-4-5-6-7-8-9-10-11-12-13-14-15-16-17/h2-14H2,1H3,(H,15,17). The highest BCUT2D eigenvalue weighted by molar-refractivity contribution is 4.49. The van der Waals surface area contributed by atoms with E-state index < -0.39 is 0 Å². The molecule has 0 heterocycles. The minimum Gasteiger partial charge on any atom is -0.274 e. The van der Waals surface area contributed by atoms with Gasteiger partial charge in [-0.25, -0.2) is 0 Å². The average Bonchev–Trinajstić information content (AvgIpc) is 2.35. The smallest absolute Gasteiger partial charge is 0.0496 e. The first-order valence-electron chi connectivity index (χ1n) is 7.47. The van der Waals surface area contributed by atoms with Crippen molar-refractivity contribution in [2.24, 2.45) is 5.29 Å². The van der Waals surface area contributed by atoms with Gasteiger partial charge in [0.2, 0.25) is 0 Å². The lowest BCUT2D eigenvalue weighted by molar-refractivity contribution is 0.538. The zero-order valence-corrected chi connectivity index (χ0v) is 11.5. The SMILES string of the molecule is CCCCCCCCCCCCCCNN=O. The van der Waals surface area contributed by atoms with Gasteiger partial charge >= 0.3 is 0 Å². The second-order valence-corrected chi connectivity index (χ2v) is 4.89. The van der Waals surface area contributed by atoms with E-state index in [0.29, 0.717) is 0 Å². The normalized spacial score (nSPS) is 10.4. The zero-order chi connectivity index (χ0) is 12.6. The number of nitrogens with zero attached hydrogens (tertiary/aromatic N) is 1. The van der Waals surface area contributed by atoms with Crippen molar-refractivity contribution in [3.8, 4) is 0 Å². The van der Waals surface area contributed by atoms with E-state index in [0.717, 1.165) is 13.0 Å². The number of unbranched alkanes of at least 4 members (excludes halogenated alkanes) is 11. The molecular formula is C14H30N2O. The fourth-order valence-electron chi connectivity index (χ4n) is 2.09. The Labute approximate surface area is 107 Å². The summed E-state index contributed by atoms with van der Waals surface area (Å²) >= 11 is 0. The number of hydrogen-bond donors (Lipinski definition) is 1. The van der Waals surface area contributed by atoms with E-state index in [1.54, 1.807) is 0 Å². The minimum absolute atomic E-state index is 0.737. The molecular weight excluding hydrogens is 212 g/mol. The molecule has 0 aromatic heterocycles. The van der Waals surface area contributed by atoms with E-state index in [1.165, 1.54) is 70.6 Å². The third-order valence-electron chi connectivity index (χ3n) is 3.21. The molecule has 0 atom stereocenters. The fraction of sp³-hybridized carbons (Fsp3) is 1.00. The van der Waals surface area contributed by atoms with Gasteiger partial charge in [-0.1, -0.05) is 77.6 Å². The Balaban J connectivity index is 2.87. The second-order valence-electron chi connectivity index (χ2n) is 4.89. The maximum absolute atomic E-state index is 9.75. The molecule has 0 bridgehead atoms. The Morgan fingerprint density at radius 3 is 1.53 bits per heavy atom. The summed E-state index contributed by atoms with van der Waals surface area (Å²) in [5, 5.41) is 2.62. The Kier molecular flexibility index (Phi) is 14.9. The van der Waals surface area contributed by atoms with Crippen molar-refractivity contribution in [1.29, 1.82) is 0 Å². The number of nitrogens with one attached hydrogen (secondary N) is 1. The molecule has 0 aliphatic heterocycles. The summed E-state index contributed by atoms with van der Waals surface area (Å²) in [6, 6.07) is 0. The van der Waals surface area contributed by atoms with Crippen molar-refractivity contribution in [2.75, 3.05) is 6.54 Å². The van der Waals surface area contributed by atoms with E-state index in [1.807, 2.05) is 0 Å². The van der Waals surface area contributed by atoms with Crippen molar-refractivity contribution in [3.05, 3.63) is 4.91 Å². The monoisotopic (exact) mass is 242 g/mol. The predicted molar refractivity (Wildman–Crippen MR) is 74.9 cm³/mol. The van der Waals surface area contributed by atoms with Gasteiger partial charge < -0.3 is 0 Å². The van der Waals surface area contributed by atoms with Gasteiger partial charge in [0.1, 0.15) is 0 Å². The van der Waals surface area contributed by atoms with Crippen molar-refractivity contribution in [3.63, 3.8) is 0 Å². The van der Waals surface area contributed by atoms with Gasteiger partial charge in [-0.2, -0.15) is 0 Å². The summed E-state index contributed by atoms with van der Waals surface area (Å²) in [6.45, 7) is 3.00. The molecule has 0 unspecified atom stereocenters. The lowest BCUT2D eigenvalue weighted by Crippen LogP contribution is -2.05. The molecule has 0 saturated heterocycles. The summed E-state index contributed by atoms with van der Waals surface area (Å²) in [7, 11) is 0. The van der Waals surface area contributed by atoms with Gasteiger partial charge in [0, 0.05) is 11.8 Å². The van der Waals surface area contributed by atoms with Crippen molar-refractivity contribution in [2.45, 2.75) is 84.0 Å². The predicted octanol–water partition coefficient (Wildman–Crippen LogP) is 4.96. The number of rotatable bonds is 14. The molecule has 0 rings (SSSR count). The van der Waals surface area contributed by atoms with Gasteiger partial charge in [0.15, 0.2) is 0 Å². The quantitative estimate of drug-likeness (QED) is 0.266. The van der Waals surface area contributed by atoms with Gasteiger partial charge in [0.05, 0.1) is 0 Å². The topological polar surface area (TPSA) is 41.5 Å². The second kappa shape index (κ2) is 15.4. The van der Waals surface area contributed by atoms with Crippen LogP contribution in [0.3, 0.4) is 0 Å².